The molecule has 1 fully saturated rings. The van der Waals surface area contributed by atoms with Gasteiger partial charge < -0.3 is 5.11 Å². The Balaban J connectivity index is 1.39. The van der Waals surface area contributed by atoms with Crippen LogP contribution in [0.1, 0.15) is 47.3 Å². The summed E-state index contributed by atoms with van der Waals surface area (Å²) < 4.78 is 38.3. The number of benzene rings is 2. The van der Waals surface area contributed by atoms with Gasteiger partial charge in [0.05, 0.1) is 6.54 Å². The van der Waals surface area contributed by atoms with E-state index in [2.05, 4.69) is 35.8 Å². The molecule has 0 aromatic heterocycles. The smallest absolute Gasteiger partial charge is 0.388 e. The topological polar surface area (TPSA) is 47.0 Å². The van der Waals surface area contributed by atoms with E-state index in [0.717, 1.165) is 42.9 Å². The molecule has 2 aliphatic heterocycles. The molecule has 0 spiro atoms. The minimum atomic E-state index is -4.17. The van der Waals surface area contributed by atoms with Crippen molar-refractivity contribution in [2.75, 3.05) is 39.3 Å². The maximum absolute atomic E-state index is 12.8. The summed E-state index contributed by atoms with van der Waals surface area (Å²) in [6.07, 6.45) is -1.59. The van der Waals surface area contributed by atoms with E-state index in [1.165, 1.54) is 10.5 Å². The van der Waals surface area contributed by atoms with Crippen molar-refractivity contribution in [2.45, 2.75) is 51.6 Å². The molecule has 2 aliphatic rings. The second-order valence-corrected chi connectivity index (χ2v) is 10.3. The summed E-state index contributed by atoms with van der Waals surface area (Å²) in [5.74, 6) is -0.273. The largest absolute Gasteiger partial charge is 0.401 e. The van der Waals surface area contributed by atoms with Gasteiger partial charge in [-0.3, -0.25) is 19.5 Å². The molecule has 0 bridgehead atoms. The van der Waals surface area contributed by atoms with E-state index < -0.39 is 19.3 Å². The van der Waals surface area contributed by atoms with Crippen molar-refractivity contribution >= 4 is 11.4 Å². The predicted molar refractivity (Wildman–Crippen MR) is 139 cm³/mol. The molecule has 4 rings (SSSR count). The van der Waals surface area contributed by atoms with Crippen LogP contribution in [0.2, 0.25) is 0 Å². The number of piperazine rings is 1. The number of carbonyl (C=O) groups is 1. The Morgan fingerprint density at radius 2 is 1.65 bits per heavy atom. The molecule has 2 aromatic carbocycles. The number of alkyl halides is 3. The highest BCUT2D eigenvalue weighted by molar-refractivity contribution is 5.96. The van der Waals surface area contributed by atoms with Crippen LogP contribution >= 0.6 is 0 Å². The van der Waals surface area contributed by atoms with Gasteiger partial charge in [-0.05, 0) is 42.5 Å². The molecule has 5 nitrogen and oxygen atoms in total. The van der Waals surface area contributed by atoms with Gasteiger partial charge in [-0.2, -0.15) is 13.2 Å². The summed E-state index contributed by atoms with van der Waals surface area (Å²) in [5, 5.41) is 9.04. The molecule has 200 valence electrons. The Kier molecular flexibility index (Phi) is 8.85. The van der Waals surface area contributed by atoms with Gasteiger partial charge in [-0.1, -0.05) is 54.6 Å². The van der Waals surface area contributed by atoms with Gasteiger partial charge in [0.25, 0.3) is 0 Å². The standard InChI is InChI=1S/C29H36F3N3O2/c1-21-15-34(17-23-7-9-25(10-8-23)28(37)19-36)16-22(2)35(21)18-26-5-3-4-6-27(26)24-11-13-33(14-12-24)20-29(30,31)32/h3-11,21-22,36H,12-20H2,1-2H3/t21-,22+. The average molecular weight is 516 g/mol. The Morgan fingerprint density at radius 1 is 0.973 bits per heavy atom. The van der Waals surface area contributed by atoms with Gasteiger partial charge in [0, 0.05) is 56.9 Å². The molecule has 2 aromatic rings. The highest BCUT2D eigenvalue weighted by Gasteiger charge is 2.32. The summed E-state index contributed by atoms with van der Waals surface area (Å²) in [7, 11) is 0. The van der Waals surface area contributed by atoms with Gasteiger partial charge in [-0.25, -0.2) is 0 Å². The van der Waals surface area contributed by atoms with Crippen LogP contribution in [0.15, 0.2) is 54.6 Å². The molecule has 0 amide bonds. The van der Waals surface area contributed by atoms with E-state index in [1.807, 2.05) is 30.3 Å². The molecule has 1 saturated heterocycles. The number of ketones is 1. The van der Waals surface area contributed by atoms with Crippen molar-refractivity contribution in [1.82, 2.24) is 14.7 Å². The number of nitrogens with zero attached hydrogens (tertiary/aromatic N) is 3. The Hall–Kier alpha value is -2.52. The van der Waals surface area contributed by atoms with E-state index in [0.29, 0.717) is 37.2 Å². The monoisotopic (exact) mass is 515 g/mol. The van der Waals surface area contributed by atoms with Crippen molar-refractivity contribution in [3.8, 4) is 0 Å². The molecule has 1 N–H and O–H groups in total. The maximum atomic E-state index is 12.8. The van der Waals surface area contributed by atoms with Crippen molar-refractivity contribution in [1.29, 1.82) is 0 Å². The van der Waals surface area contributed by atoms with Gasteiger partial charge in [0.2, 0.25) is 0 Å². The Morgan fingerprint density at radius 3 is 2.24 bits per heavy atom. The molecule has 8 heteroatoms. The van der Waals surface area contributed by atoms with Crippen molar-refractivity contribution < 1.29 is 23.1 Å². The normalized spacial score (nSPS) is 22.2. The van der Waals surface area contributed by atoms with Crippen LogP contribution in [0.3, 0.4) is 0 Å². The third-order valence-electron chi connectivity index (χ3n) is 7.42. The maximum Gasteiger partial charge on any atom is 0.401 e. The van der Waals surface area contributed by atoms with Crippen LogP contribution in [-0.4, -0.2) is 83.2 Å². The predicted octanol–water partition coefficient (Wildman–Crippen LogP) is 4.61. The van der Waals surface area contributed by atoms with Crippen LogP contribution < -0.4 is 0 Å². The van der Waals surface area contributed by atoms with E-state index in [1.54, 1.807) is 12.1 Å². The number of halogens is 3. The third kappa shape index (κ3) is 7.29. The van der Waals surface area contributed by atoms with Gasteiger partial charge >= 0.3 is 6.18 Å². The zero-order chi connectivity index (χ0) is 26.6. The summed E-state index contributed by atoms with van der Waals surface area (Å²) in [6, 6.07) is 16.4. The molecule has 0 radical (unpaired) electrons. The first-order valence-electron chi connectivity index (χ1n) is 12.9. The summed E-state index contributed by atoms with van der Waals surface area (Å²) in [4.78, 5) is 18.1. The number of hydrogen-bond donors (Lipinski definition) is 1. The SMILES string of the molecule is C[C@@H]1CN(Cc2ccc(C(=O)CO)cc2)C[C@H](C)N1Cc1ccccc1C1=CCN(CC(F)(F)F)CC1. The zero-order valence-electron chi connectivity index (χ0n) is 21.5. The number of carbonyl (C=O) groups excluding carboxylic acids is 1. The lowest BCUT2D eigenvalue weighted by atomic mass is 9.93. The van der Waals surface area contributed by atoms with E-state index in [-0.39, 0.29) is 5.78 Å². The number of hydrogen-bond acceptors (Lipinski definition) is 5. The highest BCUT2D eigenvalue weighted by atomic mass is 19.4. The number of rotatable bonds is 8. The number of aliphatic hydroxyl groups is 1. The van der Waals surface area contributed by atoms with Gasteiger partial charge in [0.1, 0.15) is 6.61 Å². The van der Waals surface area contributed by atoms with Crippen molar-refractivity contribution in [3.63, 3.8) is 0 Å². The quantitative estimate of drug-likeness (QED) is 0.521. The first-order chi connectivity index (χ1) is 17.6. The molecule has 2 heterocycles. The van der Waals surface area contributed by atoms with Crippen LogP contribution in [0.4, 0.5) is 13.2 Å². The van der Waals surface area contributed by atoms with Gasteiger partial charge in [0.15, 0.2) is 5.78 Å². The highest BCUT2D eigenvalue weighted by Crippen LogP contribution is 2.29. The Bertz CT molecular complexity index is 1090. The van der Waals surface area contributed by atoms with Crippen LogP contribution in [-0.2, 0) is 13.1 Å². The number of aliphatic hydroxyl groups excluding tert-OH is 1. The van der Waals surface area contributed by atoms with Crippen molar-refractivity contribution in [2.24, 2.45) is 0 Å². The third-order valence-corrected chi connectivity index (χ3v) is 7.42. The number of Topliss-reactive ketones (excluding diaryl/α,β-unsaturated/α-hetero) is 1. The summed E-state index contributed by atoms with van der Waals surface area (Å²) in [6.45, 7) is 7.31. The molecule has 0 aliphatic carbocycles. The van der Waals surface area contributed by atoms with Gasteiger partial charge in [-0.15, -0.1) is 0 Å². The van der Waals surface area contributed by atoms with E-state index in [4.69, 9.17) is 5.11 Å². The average Bonchev–Trinajstić information content (AvgIpc) is 2.86. The molecule has 37 heavy (non-hydrogen) atoms. The van der Waals surface area contributed by atoms with Crippen LogP contribution in [0.25, 0.3) is 5.57 Å². The molecule has 0 saturated carbocycles. The first-order valence-corrected chi connectivity index (χ1v) is 12.9. The lowest BCUT2D eigenvalue weighted by Gasteiger charge is -2.45. The van der Waals surface area contributed by atoms with E-state index >= 15 is 0 Å². The Labute approximate surface area is 217 Å². The molecule has 0 unspecified atom stereocenters. The molecule has 2 atom stereocenters. The minimum absolute atomic E-state index is 0.273. The molecular formula is C29H36F3N3O2. The summed E-state index contributed by atoms with van der Waals surface area (Å²) >= 11 is 0. The lowest BCUT2D eigenvalue weighted by Crippen LogP contribution is -2.55. The fourth-order valence-corrected chi connectivity index (χ4v) is 5.57. The van der Waals surface area contributed by atoms with E-state index in [9.17, 15) is 18.0 Å². The van der Waals surface area contributed by atoms with Crippen molar-refractivity contribution in [3.05, 3.63) is 76.9 Å². The lowest BCUT2D eigenvalue weighted by molar-refractivity contribution is -0.144. The second-order valence-electron chi connectivity index (χ2n) is 10.3. The minimum Gasteiger partial charge on any atom is -0.388 e. The zero-order valence-corrected chi connectivity index (χ0v) is 21.5. The fourth-order valence-electron chi connectivity index (χ4n) is 5.57. The van der Waals surface area contributed by atoms with Crippen LogP contribution in [0.5, 0.6) is 0 Å². The molecular weight excluding hydrogens is 479 g/mol. The van der Waals surface area contributed by atoms with Crippen LogP contribution in [0, 0.1) is 0 Å². The first kappa shape index (κ1) is 27.5. The second kappa shape index (κ2) is 11.9. The fraction of sp³-hybridized carbons (Fsp3) is 0.483. The summed E-state index contributed by atoms with van der Waals surface area (Å²) in [5.41, 5.74) is 5.16.